The van der Waals surface area contributed by atoms with Crippen molar-refractivity contribution in [3.63, 3.8) is 0 Å². The molecule has 1 atom stereocenters. The number of thiocarbonyl (C=S) groups is 1. The number of rotatable bonds is 3. The number of methoxy groups -OCH3 is 1. The molecule has 1 heterocycles. The van der Waals surface area contributed by atoms with Gasteiger partial charge in [0.05, 0.1) is 18.7 Å². The summed E-state index contributed by atoms with van der Waals surface area (Å²) in [4.78, 5) is 12.1. The van der Waals surface area contributed by atoms with E-state index in [1.165, 1.54) is 0 Å². The van der Waals surface area contributed by atoms with Crippen molar-refractivity contribution in [2.24, 2.45) is 0 Å². The maximum Gasteiger partial charge on any atom is 0.251 e. The minimum absolute atomic E-state index is 0.152. The van der Waals surface area contributed by atoms with E-state index in [2.05, 4.69) is 16.0 Å². The first-order valence-corrected chi connectivity index (χ1v) is 6.62. The lowest BCUT2D eigenvalue weighted by molar-refractivity contribution is -0.117. The molecule has 1 amide bonds. The normalized spacial score (nSPS) is 18.1. The van der Waals surface area contributed by atoms with Crippen LogP contribution in [0.5, 0.6) is 5.75 Å². The van der Waals surface area contributed by atoms with E-state index in [0.717, 1.165) is 11.3 Å². The summed E-state index contributed by atoms with van der Waals surface area (Å²) in [6.45, 7) is 1.83. The highest BCUT2D eigenvalue weighted by molar-refractivity contribution is 7.80. The van der Waals surface area contributed by atoms with Crippen LogP contribution in [0.3, 0.4) is 0 Å². The third kappa shape index (κ3) is 2.60. The second-order valence-electron chi connectivity index (χ2n) is 4.39. The van der Waals surface area contributed by atoms with E-state index in [1.54, 1.807) is 14.2 Å². The summed E-state index contributed by atoms with van der Waals surface area (Å²) in [5.74, 6) is 0.560. The Morgan fingerprint density at radius 2 is 2.10 bits per heavy atom. The van der Waals surface area contributed by atoms with Crippen LogP contribution in [0.1, 0.15) is 18.5 Å². The fraction of sp³-hybridized carbons (Fsp3) is 0.286. The van der Waals surface area contributed by atoms with E-state index in [-0.39, 0.29) is 11.9 Å². The van der Waals surface area contributed by atoms with E-state index in [4.69, 9.17) is 17.0 Å². The molecule has 1 aliphatic rings. The number of allylic oxidation sites excluding steroid dienone is 1. The number of hydrogen-bond acceptors (Lipinski definition) is 3. The molecule has 0 saturated carbocycles. The number of amides is 1. The van der Waals surface area contributed by atoms with E-state index < -0.39 is 0 Å². The van der Waals surface area contributed by atoms with Gasteiger partial charge in [0.2, 0.25) is 0 Å². The fourth-order valence-electron chi connectivity index (χ4n) is 2.27. The highest BCUT2D eigenvalue weighted by Gasteiger charge is 2.30. The van der Waals surface area contributed by atoms with Crippen LogP contribution in [0.4, 0.5) is 0 Å². The van der Waals surface area contributed by atoms with Gasteiger partial charge in [-0.25, -0.2) is 0 Å². The summed E-state index contributed by atoms with van der Waals surface area (Å²) in [5.41, 5.74) is 2.21. The predicted octanol–water partition coefficient (Wildman–Crippen LogP) is 1.23. The highest BCUT2D eigenvalue weighted by atomic mass is 32.1. The number of para-hydroxylation sites is 1. The summed E-state index contributed by atoms with van der Waals surface area (Å²) in [6.07, 6.45) is 0. The first-order valence-electron chi connectivity index (χ1n) is 6.21. The fourth-order valence-corrected chi connectivity index (χ4v) is 2.54. The number of carbonyl (C=O) groups is 1. The third-order valence-electron chi connectivity index (χ3n) is 3.19. The number of nitrogens with one attached hydrogen (secondary N) is 3. The zero-order chi connectivity index (χ0) is 14.7. The second-order valence-corrected chi connectivity index (χ2v) is 4.80. The van der Waals surface area contributed by atoms with Crippen molar-refractivity contribution in [1.82, 2.24) is 16.0 Å². The predicted molar refractivity (Wildman–Crippen MR) is 81.4 cm³/mol. The third-order valence-corrected chi connectivity index (χ3v) is 3.41. The lowest BCUT2D eigenvalue weighted by atomic mass is 9.94. The van der Waals surface area contributed by atoms with Gasteiger partial charge in [-0.3, -0.25) is 4.79 Å². The van der Waals surface area contributed by atoms with E-state index in [9.17, 15) is 4.79 Å². The molecule has 0 radical (unpaired) electrons. The Morgan fingerprint density at radius 3 is 2.75 bits per heavy atom. The molecule has 0 unspecified atom stereocenters. The van der Waals surface area contributed by atoms with Crippen LogP contribution in [0.25, 0.3) is 0 Å². The number of carbonyl (C=O) groups excluding carboxylic acids is 1. The summed E-state index contributed by atoms with van der Waals surface area (Å²) < 4.78 is 5.37. The Hall–Kier alpha value is -2.08. The van der Waals surface area contributed by atoms with Gasteiger partial charge in [-0.15, -0.1) is 0 Å². The minimum atomic E-state index is -0.333. The quantitative estimate of drug-likeness (QED) is 0.731. The molecule has 6 heteroatoms. The summed E-state index contributed by atoms with van der Waals surface area (Å²) >= 11 is 5.19. The van der Waals surface area contributed by atoms with Crippen molar-refractivity contribution in [1.29, 1.82) is 0 Å². The average Bonchev–Trinajstić information content (AvgIpc) is 2.45. The highest BCUT2D eigenvalue weighted by Crippen LogP contribution is 2.32. The van der Waals surface area contributed by atoms with Crippen LogP contribution in [0.2, 0.25) is 0 Å². The molecule has 0 saturated heterocycles. The van der Waals surface area contributed by atoms with Gasteiger partial charge >= 0.3 is 0 Å². The van der Waals surface area contributed by atoms with Crippen molar-refractivity contribution in [3.05, 3.63) is 41.1 Å². The molecule has 106 valence electrons. The van der Waals surface area contributed by atoms with Crippen molar-refractivity contribution < 1.29 is 9.53 Å². The van der Waals surface area contributed by atoms with Crippen molar-refractivity contribution in [2.45, 2.75) is 13.0 Å². The maximum absolute atomic E-state index is 12.1. The van der Waals surface area contributed by atoms with Crippen molar-refractivity contribution in [3.8, 4) is 5.75 Å². The molecule has 1 aromatic rings. The second kappa shape index (κ2) is 5.92. The maximum atomic E-state index is 12.1. The van der Waals surface area contributed by atoms with E-state index in [1.807, 2.05) is 31.2 Å². The number of likely N-dealkylation sites (N-methyl/N-ethyl adjacent to an activating group) is 1. The standard InChI is InChI=1S/C14H17N3O2S/c1-8-11(13(18)15-2)12(17-14(20)16-8)9-6-4-5-7-10(9)19-3/h4-7,12H,1-3H3,(H,15,18)(H2,16,17,20)/t12-/m1/s1. The monoisotopic (exact) mass is 291 g/mol. The van der Waals surface area contributed by atoms with Crippen LogP contribution >= 0.6 is 12.2 Å². The molecular formula is C14H17N3O2S. The summed E-state index contributed by atoms with van der Waals surface area (Å²) in [5, 5.41) is 9.25. The lowest BCUT2D eigenvalue weighted by Gasteiger charge is -2.30. The Morgan fingerprint density at radius 1 is 1.40 bits per heavy atom. The topological polar surface area (TPSA) is 62.4 Å². The van der Waals surface area contributed by atoms with Gasteiger partial charge in [-0.2, -0.15) is 0 Å². The first kappa shape index (κ1) is 14.3. The zero-order valence-electron chi connectivity index (χ0n) is 11.6. The van der Waals surface area contributed by atoms with Gasteiger partial charge < -0.3 is 20.7 Å². The molecule has 3 N–H and O–H groups in total. The van der Waals surface area contributed by atoms with Crippen LogP contribution in [0, 0.1) is 0 Å². The molecule has 0 aliphatic carbocycles. The average molecular weight is 291 g/mol. The first-order chi connectivity index (χ1) is 9.58. The molecular weight excluding hydrogens is 274 g/mol. The Kier molecular flexibility index (Phi) is 4.24. The summed E-state index contributed by atoms with van der Waals surface area (Å²) in [7, 11) is 3.21. The van der Waals surface area contributed by atoms with Gasteiger partial charge in [-0.05, 0) is 25.2 Å². The van der Waals surface area contributed by atoms with Crippen molar-refractivity contribution in [2.75, 3.05) is 14.2 Å². The van der Waals surface area contributed by atoms with Gasteiger partial charge in [0, 0.05) is 18.3 Å². The Balaban J connectivity index is 2.54. The summed E-state index contributed by atoms with van der Waals surface area (Å²) in [6, 6.07) is 7.23. The molecule has 1 aliphatic heterocycles. The lowest BCUT2D eigenvalue weighted by Crippen LogP contribution is -2.46. The smallest absolute Gasteiger partial charge is 0.251 e. The number of benzene rings is 1. The molecule has 0 spiro atoms. The van der Waals surface area contributed by atoms with Crippen LogP contribution in [-0.2, 0) is 4.79 Å². The number of ether oxygens (including phenoxy) is 1. The van der Waals surface area contributed by atoms with Crippen LogP contribution < -0.4 is 20.7 Å². The van der Waals surface area contributed by atoms with Gasteiger partial charge in [0.25, 0.3) is 5.91 Å². The van der Waals surface area contributed by atoms with Crippen LogP contribution in [0.15, 0.2) is 35.5 Å². The SMILES string of the molecule is CNC(=O)C1=C(C)NC(=S)N[C@@H]1c1ccccc1OC. The van der Waals surface area contributed by atoms with E-state index >= 15 is 0 Å². The Labute approximate surface area is 123 Å². The molecule has 20 heavy (non-hydrogen) atoms. The molecule has 0 aromatic heterocycles. The molecule has 1 aromatic carbocycles. The van der Waals surface area contributed by atoms with Gasteiger partial charge in [0.1, 0.15) is 5.75 Å². The van der Waals surface area contributed by atoms with Gasteiger partial charge in [0.15, 0.2) is 5.11 Å². The largest absolute Gasteiger partial charge is 0.496 e. The molecule has 2 rings (SSSR count). The van der Waals surface area contributed by atoms with Gasteiger partial charge in [-0.1, -0.05) is 18.2 Å². The molecule has 0 fully saturated rings. The van der Waals surface area contributed by atoms with E-state index in [0.29, 0.717) is 16.4 Å². The van der Waals surface area contributed by atoms with Crippen molar-refractivity contribution >= 4 is 23.2 Å². The molecule has 0 bridgehead atoms. The Bertz CT molecular complexity index is 584. The molecule has 5 nitrogen and oxygen atoms in total. The number of hydrogen-bond donors (Lipinski definition) is 3. The zero-order valence-corrected chi connectivity index (χ0v) is 12.4. The minimum Gasteiger partial charge on any atom is -0.496 e. The van der Waals surface area contributed by atoms with Crippen LogP contribution in [-0.4, -0.2) is 25.2 Å².